The van der Waals surface area contributed by atoms with E-state index in [4.69, 9.17) is 4.74 Å². The lowest BCUT2D eigenvalue weighted by atomic mass is 9.99. The summed E-state index contributed by atoms with van der Waals surface area (Å²) in [5, 5.41) is 2.85. The Hall–Kier alpha value is -2.29. The Bertz CT molecular complexity index is 895. The number of rotatable bonds is 2. The number of carbonyl (C=O) groups is 1. The summed E-state index contributed by atoms with van der Waals surface area (Å²) in [6.07, 6.45) is -2.80. The zero-order valence-corrected chi connectivity index (χ0v) is 17.8. The summed E-state index contributed by atoms with van der Waals surface area (Å²) in [5.41, 5.74) is 0.936. The first-order valence-corrected chi connectivity index (χ1v) is 9.81. The van der Waals surface area contributed by atoms with E-state index in [1.165, 1.54) is 12.1 Å². The number of aromatic nitrogens is 1. The van der Waals surface area contributed by atoms with Crippen LogP contribution in [0, 0.1) is 0 Å². The molecule has 1 aromatic carbocycles. The molecule has 1 aliphatic heterocycles. The van der Waals surface area contributed by atoms with E-state index in [1.807, 2.05) is 11.0 Å². The number of amides is 1. The summed E-state index contributed by atoms with van der Waals surface area (Å²) < 4.78 is 44.7. The van der Waals surface area contributed by atoms with Crippen LogP contribution in [0.2, 0.25) is 0 Å². The maximum Gasteiger partial charge on any atom is 0.416 e. The molecule has 0 spiro atoms. The second kappa shape index (κ2) is 7.85. The van der Waals surface area contributed by atoms with Crippen LogP contribution in [0.1, 0.15) is 31.9 Å². The minimum Gasteiger partial charge on any atom is -0.444 e. The Balaban J connectivity index is 1.90. The highest BCUT2D eigenvalue weighted by molar-refractivity contribution is 9.10. The first kappa shape index (κ1) is 21.4. The average Bonchev–Trinajstić information content (AvgIpc) is 2.59. The highest BCUT2D eigenvalue weighted by atomic mass is 79.9. The molecule has 0 fully saturated rings. The monoisotopic (exact) mass is 471 g/mol. The van der Waals surface area contributed by atoms with Crippen LogP contribution in [0.5, 0.6) is 0 Å². The number of carbonyl (C=O) groups excluding carboxylic acids is 1. The minimum atomic E-state index is -4.40. The van der Waals surface area contributed by atoms with E-state index in [0.717, 1.165) is 23.4 Å². The maximum absolute atomic E-state index is 12.9. The lowest BCUT2D eigenvalue weighted by Crippen LogP contribution is -2.48. The molecule has 156 valence electrons. The van der Waals surface area contributed by atoms with Crippen LogP contribution in [0.3, 0.4) is 0 Å². The summed E-state index contributed by atoms with van der Waals surface area (Å²) in [7, 11) is 0. The number of hydrogen-bond acceptors (Lipinski definition) is 4. The Morgan fingerprint density at radius 1 is 1.21 bits per heavy atom. The van der Waals surface area contributed by atoms with Gasteiger partial charge in [0.15, 0.2) is 0 Å². The molecule has 1 amide bonds. The van der Waals surface area contributed by atoms with Gasteiger partial charge in [-0.3, -0.25) is 0 Å². The molecular formula is C20H21BrF3N3O2. The van der Waals surface area contributed by atoms with Gasteiger partial charge >= 0.3 is 12.3 Å². The predicted octanol–water partition coefficient (Wildman–Crippen LogP) is 5.45. The maximum atomic E-state index is 12.9. The van der Waals surface area contributed by atoms with E-state index in [9.17, 15) is 18.0 Å². The van der Waals surface area contributed by atoms with Crippen molar-refractivity contribution in [2.75, 3.05) is 11.4 Å². The summed E-state index contributed by atoms with van der Waals surface area (Å²) in [6.45, 7) is 5.71. The number of alkyl carbamates (subject to hydrolysis) is 1. The molecule has 0 aliphatic carbocycles. The molecule has 1 unspecified atom stereocenters. The number of nitrogens with zero attached hydrogens (tertiary/aromatic N) is 2. The van der Waals surface area contributed by atoms with Crippen LogP contribution in [-0.2, 0) is 17.3 Å². The summed E-state index contributed by atoms with van der Waals surface area (Å²) in [4.78, 5) is 18.3. The van der Waals surface area contributed by atoms with Crippen LogP contribution in [0.4, 0.5) is 29.3 Å². The largest absolute Gasteiger partial charge is 0.444 e. The molecule has 0 saturated carbocycles. The molecule has 0 radical (unpaired) electrons. The van der Waals surface area contributed by atoms with Gasteiger partial charge in [-0.25, -0.2) is 9.78 Å². The molecule has 3 rings (SSSR count). The van der Waals surface area contributed by atoms with Gasteiger partial charge in [0.05, 0.1) is 11.6 Å². The van der Waals surface area contributed by atoms with Gasteiger partial charge < -0.3 is 15.0 Å². The molecule has 9 heteroatoms. The second-order valence-electron chi connectivity index (χ2n) is 7.80. The number of halogens is 4. The fraction of sp³-hybridized carbons (Fsp3) is 0.400. The smallest absolute Gasteiger partial charge is 0.416 e. The third-order valence-electron chi connectivity index (χ3n) is 4.35. The molecule has 1 aromatic heterocycles. The quantitative estimate of drug-likeness (QED) is 0.591. The zero-order valence-electron chi connectivity index (χ0n) is 16.2. The molecule has 1 N–H and O–H groups in total. The van der Waals surface area contributed by atoms with Gasteiger partial charge in [-0.2, -0.15) is 13.2 Å². The van der Waals surface area contributed by atoms with Gasteiger partial charge in [0.2, 0.25) is 0 Å². The number of ether oxygens (including phenoxy) is 1. The van der Waals surface area contributed by atoms with E-state index < -0.39 is 23.4 Å². The van der Waals surface area contributed by atoms with Crippen molar-refractivity contribution in [3.63, 3.8) is 0 Å². The Kier molecular flexibility index (Phi) is 5.80. The van der Waals surface area contributed by atoms with Crippen molar-refractivity contribution in [1.29, 1.82) is 0 Å². The van der Waals surface area contributed by atoms with Crippen LogP contribution >= 0.6 is 15.9 Å². The van der Waals surface area contributed by atoms with Crippen molar-refractivity contribution in [3.8, 4) is 0 Å². The number of nitrogens with one attached hydrogen (secondary N) is 1. The fourth-order valence-electron chi connectivity index (χ4n) is 3.17. The van der Waals surface area contributed by atoms with Crippen molar-refractivity contribution < 1.29 is 22.7 Å². The molecule has 2 heterocycles. The van der Waals surface area contributed by atoms with Crippen molar-refractivity contribution in [3.05, 3.63) is 52.3 Å². The Morgan fingerprint density at radius 2 is 1.86 bits per heavy atom. The third kappa shape index (κ3) is 5.20. The van der Waals surface area contributed by atoms with Gasteiger partial charge in [0, 0.05) is 29.7 Å². The van der Waals surface area contributed by atoms with Crippen molar-refractivity contribution >= 4 is 33.4 Å². The van der Waals surface area contributed by atoms with Gasteiger partial charge in [-0.05, 0) is 73.5 Å². The van der Waals surface area contributed by atoms with E-state index in [2.05, 4.69) is 26.2 Å². The van der Waals surface area contributed by atoms with E-state index in [1.54, 1.807) is 27.0 Å². The first-order chi connectivity index (χ1) is 13.4. The summed E-state index contributed by atoms with van der Waals surface area (Å²) in [5.74, 6) is 0. The van der Waals surface area contributed by atoms with Crippen LogP contribution in [-0.4, -0.2) is 29.3 Å². The number of benzene rings is 1. The van der Waals surface area contributed by atoms with Crippen LogP contribution < -0.4 is 10.2 Å². The van der Waals surface area contributed by atoms with E-state index in [-0.39, 0.29) is 6.04 Å². The van der Waals surface area contributed by atoms with Crippen molar-refractivity contribution in [1.82, 2.24) is 10.3 Å². The SMILES string of the molecule is CC(C)(C)OC(=O)NC1Cc2c(ccnc2Br)N(c2ccc(C(F)(F)F)cc2)C1. The van der Waals surface area contributed by atoms with E-state index in [0.29, 0.717) is 23.3 Å². The molecule has 0 saturated heterocycles. The number of fused-ring (bicyclic) bond motifs is 1. The number of anilines is 2. The summed E-state index contributed by atoms with van der Waals surface area (Å²) >= 11 is 3.43. The topological polar surface area (TPSA) is 54.5 Å². The lowest BCUT2D eigenvalue weighted by molar-refractivity contribution is -0.137. The average molecular weight is 472 g/mol. The third-order valence-corrected chi connectivity index (χ3v) is 5.03. The molecular weight excluding hydrogens is 451 g/mol. The number of hydrogen-bond donors (Lipinski definition) is 1. The van der Waals surface area contributed by atoms with Gasteiger partial charge in [-0.1, -0.05) is 0 Å². The Labute approximate surface area is 175 Å². The number of alkyl halides is 3. The van der Waals surface area contributed by atoms with Crippen molar-refractivity contribution in [2.24, 2.45) is 0 Å². The predicted molar refractivity (Wildman–Crippen MR) is 107 cm³/mol. The standard InChI is InChI=1S/C20H21BrF3N3O2/c1-19(2,3)29-18(28)26-13-10-15-16(8-9-25-17(15)21)27(11-13)14-6-4-12(5-7-14)20(22,23)24/h4-9,13H,10-11H2,1-3H3,(H,26,28). The van der Waals surface area contributed by atoms with Gasteiger partial charge in [-0.15, -0.1) is 0 Å². The van der Waals surface area contributed by atoms with Crippen LogP contribution in [0.15, 0.2) is 41.1 Å². The number of pyridine rings is 1. The van der Waals surface area contributed by atoms with Crippen molar-refractivity contribution in [2.45, 2.75) is 45.0 Å². The molecule has 29 heavy (non-hydrogen) atoms. The van der Waals surface area contributed by atoms with Gasteiger partial charge in [0.1, 0.15) is 10.2 Å². The first-order valence-electron chi connectivity index (χ1n) is 9.02. The zero-order chi connectivity index (χ0) is 21.4. The minimum absolute atomic E-state index is 0.305. The highest BCUT2D eigenvalue weighted by Crippen LogP contribution is 2.37. The van der Waals surface area contributed by atoms with Crippen LogP contribution in [0.25, 0.3) is 0 Å². The molecule has 1 aliphatic rings. The van der Waals surface area contributed by atoms with Gasteiger partial charge in [0.25, 0.3) is 0 Å². The molecule has 2 aromatic rings. The normalized spacial score (nSPS) is 16.9. The lowest BCUT2D eigenvalue weighted by Gasteiger charge is -2.37. The second-order valence-corrected chi connectivity index (χ2v) is 8.55. The van der Waals surface area contributed by atoms with E-state index >= 15 is 0 Å². The Morgan fingerprint density at radius 3 is 2.45 bits per heavy atom. The molecule has 0 bridgehead atoms. The summed E-state index contributed by atoms with van der Waals surface area (Å²) in [6, 6.07) is 6.46. The molecule has 5 nitrogen and oxygen atoms in total. The highest BCUT2D eigenvalue weighted by Gasteiger charge is 2.32. The molecule has 1 atom stereocenters. The fourth-order valence-corrected chi connectivity index (χ4v) is 3.66.